The van der Waals surface area contributed by atoms with Crippen molar-refractivity contribution in [1.29, 1.82) is 0 Å². The number of rotatable bonds is 11. The Labute approximate surface area is 214 Å². The summed E-state index contributed by atoms with van der Waals surface area (Å²) in [5.41, 5.74) is 1.07. The molecule has 2 atom stereocenters. The molecule has 0 amide bonds. The number of hydrogen-bond donors (Lipinski definition) is 2. The van der Waals surface area contributed by atoms with Crippen molar-refractivity contribution in [3.8, 4) is 10.4 Å². The number of halogens is 1. The first-order valence-corrected chi connectivity index (χ1v) is 13.7. The van der Waals surface area contributed by atoms with Crippen LogP contribution in [0.25, 0.3) is 10.4 Å². The number of carboxylic acid groups (broad SMARTS) is 1. The summed E-state index contributed by atoms with van der Waals surface area (Å²) in [5, 5.41) is 10.7. The van der Waals surface area contributed by atoms with Crippen LogP contribution in [-0.4, -0.2) is 57.2 Å². The molecule has 4 rings (SSSR count). The van der Waals surface area contributed by atoms with Crippen LogP contribution in [0.1, 0.15) is 23.5 Å². The second-order valence-corrected chi connectivity index (χ2v) is 12.1. The molecule has 7 nitrogen and oxygen atoms in total. The molecule has 0 saturated heterocycles. The first-order valence-electron chi connectivity index (χ1n) is 11.0. The number of carboxylic acids is 1. The first-order chi connectivity index (χ1) is 16.7. The molecule has 1 aliphatic rings. The lowest BCUT2D eigenvalue weighted by atomic mass is 10.00. The highest BCUT2D eigenvalue weighted by Gasteiger charge is 2.63. The monoisotopic (exact) mass is 534 g/mol. The number of ether oxygens (including phenoxy) is 1. The Kier molecular flexibility index (Phi) is 7.65. The summed E-state index contributed by atoms with van der Waals surface area (Å²) in [4.78, 5) is 15.2. The fourth-order valence-corrected chi connectivity index (χ4v) is 7.03. The Balaban J connectivity index is 1.56. The van der Waals surface area contributed by atoms with Gasteiger partial charge in [-0.15, -0.1) is 11.3 Å². The summed E-state index contributed by atoms with van der Waals surface area (Å²) in [6, 6.07) is 17.9. The molecule has 1 saturated carbocycles. The van der Waals surface area contributed by atoms with E-state index in [1.54, 1.807) is 25.3 Å². The highest BCUT2D eigenvalue weighted by molar-refractivity contribution is 7.91. The molecule has 1 aliphatic carbocycles. The van der Waals surface area contributed by atoms with Crippen LogP contribution in [-0.2, 0) is 26.1 Å². The third-order valence-corrected chi connectivity index (χ3v) is 9.57. The van der Waals surface area contributed by atoms with Gasteiger partial charge in [-0.3, -0.25) is 9.69 Å². The van der Waals surface area contributed by atoms with E-state index in [4.69, 9.17) is 16.3 Å². The van der Waals surface area contributed by atoms with Crippen LogP contribution < -0.4 is 4.72 Å². The van der Waals surface area contributed by atoms with E-state index >= 15 is 0 Å². The van der Waals surface area contributed by atoms with Gasteiger partial charge in [0.15, 0.2) is 0 Å². The summed E-state index contributed by atoms with van der Waals surface area (Å²) < 4.78 is 34.2. The number of aliphatic carboxylic acids is 1. The van der Waals surface area contributed by atoms with Gasteiger partial charge in [-0.25, -0.2) is 8.42 Å². The second-order valence-electron chi connectivity index (χ2n) is 8.69. The Morgan fingerprint density at radius 3 is 2.60 bits per heavy atom. The Morgan fingerprint density at radius 2 is 1.91 bits per heavy atom. The molecule has 0 spiro atoms. The number of likely N-dealkylation sites (N-methyl/N-ethyl adjacent to an activating group) is 1. The molecule has 1 fully saturated rings. The van der Waals surface area contributed by atoms with Gasteiger partial charge < -0.3 is 9.84 Å². The SMILES string of the molecule is COCCN(C)Cc1ccccc1[C@@H]1C[C@]1(NS(=O)(=O)c1ccc(-c2ccc(Cl)cc2)s1)C(=O)O. The number of carbonyl (C=O) groups is 1. The van der Waals surface area contributed by atoms with E-state index < -0.39 is 27.4 Å². The highest BCUT2D eigenvalue weighted by atomic mass is 35.5. The van der Waals surface area contributed by atoms with Crippen molar-refractivity contribution in [2.45, 2.75) is 28.6 Å². The Bertz CT molecular complexity index is 1310. The Morgan fingerprint density at radius 1 is 1.20 bits per heavy atom. The average Bonchev–Trinajstić information content (AvgIpc) is 3.30. The van der Waals surface area contributed by atoms with E-state index in [2.05, 4.69) is 9.62 Å². The van der Waals surface area contributed by atoms with Gasteiger partial charge in [0.25, 0.3) is 10.0 Å². The van der Waals surface area contributed by atoms with E-state index in [0.29, 0.717) is 18.2 Å². The number of nitrogens with zero attached hydrogens (tertiary/aromatic N) is 1. The minimum absolute atomic E-state index is 0.0707. The number of benzene rings is 2. The molecule has 0 radical (unpaired) electrons. The average molecular weight is 535 g/mol. The maximum Gasteiger partial charge on any atom is 0.325 e. The molecular weight excluding hydrogens is 508 g/mol. The number of methoxy groups -OCH3 is 1. The fraction of sp³-hybridized carbons (Fsp3) is 0.320. The van der Waals surface area contributed by atoms with Crippen molar-refractivity contribution in [2.75, 3.05) is 27.3 Å². The van der Waals surface area contributed by atoms with E-state index in [0.717, 1.165) is 39.4 Å². The molecule has 186 valence electrons. The van der Waals surface area contributed by atoms with Gasteiger partial charge in [-0.05, 0) is 54.4 Å². The standard InChI is InChI=1S/C25H27ClN2O5S2/c1-28(13-14-33-2)16-18-5-3-4-6-20(18)21-15-25(21,24(29)30)27-35(31,32)23-12-11-22(34-23)17-7-9-19(26)10-8-17/h3-12,21,27H,13-16H2,1-2H3,(H,29,30)/t21-,25+/m0/s1. The zero-order valence-electron chi connectivity index (χ0n) is 19.4. The van der Waals surface area contributed by atoms with Crippen LogP contribution in [0.3, 0.4) is 0 Å². The van der Waals surface area contributed by atoms with Gasteiger partial charge in [0.1, 0.15) is 9.75 Å². The normalized spacial score (nSPS) is 19.7. The second kappa shape index (κ2) is 10.4. The van der Waals surface area contributed by atoms with Gasteiger partial charge in [0.2, 0.25) is 0 Å². The van der Waals surface area contributed by atoms with Gasteiger partial charge in [0, 0.05) is 36.0 Å². The summed E-state index contributed by atoms with van der Waals surface area (Å²) in [5.74, 6) is -1.64. The maximum absolute atomic E-state index is 13.2. The van der Waals surface area contributed by atoms with Crippen molar-refractivity contribution in [2.24, 2.45) is 0 Å². The molecule has 35 heavy (non-hydrogen) atoms. The van der Waals surface area contributed by atoms with E-state index in [1.807, 2.05) is 43.4 Å². The van der Waals surface area contributed by atoms with Crippen molar-refractivity contribution >= 4 is 38.9 Å². The summed E-state index contributed by atoms with van der Waals surface area (Å²) in [7, 11) is -0.443. The third-order valence-electron chi connectivity index (χ3n) is 6.18. The zero-order valence-corrected chi connectivity index (χ0v) is 21.8. The smallest absolute Gasteiger partial charge is 0.325 e. The molecule has 2 aromatic carbocycles. The van der Waals surface area contributed by atoms with Gasteiger partial charge in [-0.2, -0.15) is 4.72 Å². The quantitative estimate of drug-likeness (QED) is 0.378. The molecule has 3 aromatic rings. The Hall–Kier alpha value is -2.27. The van der Waals surface area contributed by atoms with Crippen LogP contribution in [0.4, 0.5) is 0 Å². The van der Waals surface area contributed by atoms with E-state index in [-0.39, 0.29) is 10.6 Å². The molecule has 0 aliphatic heterocycles. The molecule has 1 heterocycles. The molecule has 0 unspecified atom stereocenters. The predicted octanol–water partition coefficient (Wildman–Crippen LogP) is 4.44. The predicted molar refractivity (Wildman–Crippen MR) is 137 cm³/mol. The third kappa shape index (κ3) is 5.61. The number of sulfonamides is 1. The summed E-state index contributed by atoms with van der Waals surface area (Å²) >= 11 is 7.04. The van der Waals surface area contributed by atoms with Crippen molar-refractivity contribution in [3.63, 3.8) is 0 Å². The molecule has 10 heteroatoms. The lowest BCUT2D eigenvalue weighted by molar-refractivity contribution is -0.140. The molecule has 1 aromatic heterocycles. The number of nitrogens with one attached hydrogen (secondary N) is 1. The van der Waals surface area contributed by atoms with Crippen LogP contribution in [0.2, 0.25) is 5.02 Å². The minimum atomic E-state index is -4.05. The van der Waals surface area contributed by atoms with Gasteiger partial charge >= 0.3 is 5.97 Å². The van der Waals surface area contributed by atoms with E-state index in [9.17, 15) is 18.3 Å². The fourth-order valence-electron chi connectivity index (χ4n) is 4.19. The first kappa shape index (κ1) is 25.8. The summed E-state index contributed by atoms with van der Waals surface area (Å²) in [6.07, 6.45) is 0.190. The van der Waals surface area contributed by atoms with E-state index in [1.165, 1.54) is 6.07 Å². The van der Waals surface area contributed by atoms with Crippen LogP contribution in [0.5, 0.6) is 0 Å². The lowest BCUT2D eigenvalue weighted by Gasteiger charge is -2.20. The van der Waals surface area contributed by atoms with Gasteiger partial charge in [-0.1, -0.05) is 48.0 Å². The largest absolute Gasteiger partial charge is 0.480 e. The van der Waals surface area contributed by atoms with Crippen LogP contribution in [0.15, 0.2) is 64.9 Å². The lowest BCUT2D eigenvalue weighted by Crippen LogP contribution is -2.44. The van der Waals surface area contributed by atoms with Gasteiger partial charge in [0.05, 0.1) is 6.61 Å². The topological polar surface area (TPSA) is 95.9 Å². The number of thiophene rings is 1. The molecule has 0 bridgehead atoms. The van der Waals surface area contributed by atoms with Crippen molar-refractivity contribution in [1.82, 2.24) is 9.62 Å². The van der Waals surface area contributed by atoms with Crippen molar-refractivity contribution < 1.29 is 23.1 Å². The van der Waals surface area contributed by atoms with Crippen LogP contribution in [0, 0.1) is 0 Å². The number of hydrogen-bond acceptors (Lipinski definition) is 6. The maximum atomic E-state index is 13.2. The molecular formula is C25H27ClN2O5S2. The molecule has 2 N–H and O–H groups in total. The minimum Gasteiger partial charge on any atom is -0.480 e. The van der Waals surface area contributed by atoms with Crippen LogP contribution >= 0.6 is 22.9 Å². The summed E-state index contributed by atoms with van der Waals surface area (Å²) in [6.45, 7) is 1.91. The highest BCUT2D eigenvalue weighted by Crippen LogP contribution is 2.53. The van der Waals surface area contributed by atoms with Crippen molar-refractivity contribution in [3.05, 3.63) is 76.8 Å². The zero-order chi connectivity index (χ0) is 25.2.